The maximum atomic E-state index is 6.06. The summed E-state index contributed by atoms with van der Waals surface area (Å²) in [5.41, 5.74) is 13.8. The van der Waals surface area contributed by atoms with Gasteiger partial charge in [-0.15, -0.1) is 0 Å². The molecule has 2 aliphatic rings. The molecule has 1 unspecified atom stereocenters. The third-order valence-corrected chi connectivity index (χ3v) is 3.77. The first kappa shape index (κ1) is 9.17. The highest BCUT2D eigenvalue weighted by Crippen LogP contribution is 2.42. The van der Waals surface area contributed by atoms with Gasteiger partial charge in [0.1, 0.15) is 0 Å². The Kier molecular flexibility index (Phi) is 1.96. The van der Waals surface area contributed by atoms with Gasteiger partial charge < -0.3 is 5.73 Å². The molecular formula is C14H17N. The van der Waals surface area contributed by atoms with Gasteiger partial charge in [-0.2, -0.15) is 0 Å². The van der Waals surface area contributed by atoms with Crippen molar-refractivity contribution in [3.05, 3.63) is 40.5 Å². The monoisotopic (exact) mass is 199 g/mol. The van der Waals surface area contributed by atoms with Crippen LogP contribution >= 0.6 is 0 Å². The highest BCUT2D eigenvalue weighted by molar-refractivity contribution is 5.79. The highest BCUT2D eigenvalue weighted by Gasteiger charge is 2.27. The fourth-order valence-electron chi connectivity index (χ4n) is 3.03. The first-order valence-electron chi connectivity index (χ1n) is 5.81. The zero-order valence-electron chi connectivity index (χ0n) is 9.22. The summed E-state index contributed by atoms with van der Waals surface area (Å²) in [5, 5.41) is 0. The van der Waals surface area contributed by atoms with Crippen LogP contribution in [0.2, 0.25) is 0 Å². The average molecular weight is 199 g/mol. The first-order chi connectivity index (χ1) is 7.25. The standard InChI is InChI=1S/C14H17N/c1-9-3-2-4-11-7-10-5-6-12(15)8-13(10)14(9)11/h2-4,12H,5-8,15H2,1H3. The Morgan fingerprint density at radius 1 is 1.33 bits per heavy atom. The molecule has 1 atom stereocenters. The molecule has 0 saturated carbocycles. The van der Waals surface area contributed by atoms with Crippen molar-refractivity contribution in [2.45, 2.75) is 38.6 Å². The maximum Gasteiger partial charge on any atom is 0.00825 e. The Morgan fingerprint density at radius 2 is 2.20 bits per heavy atom. The van der Waals surface area contributed by atoms with Gasteiger partial charge >= 0.3 is 0 Å². The van der Waals surface area contributed by atoms with Gasteiger partial charge in [0.15, 0.2) is 0 Å². The van der Waals surface area contributed by atoms with Crippen LogP contribution in [-0.2, 0) is 6.42 Å². The molecule has 3 rings (SSSR count). The number of aryl methyl sites for hydroxylation is 1. The van der Waals surface area contributed by atoms with Crippen molar-refractivity contribution >= 4 is 5.57 Å². The number of benzene rings is 1. The highest BCUT2D eigenvalue weighted by atomic mass is 14.6. The van der Waals surface area contributed by atoms with E-state index in [-0.39, 0.29) is 0 Å². The lowest BCUT2D eigenvalue weighted by atomic mass is 9.87. The quantitative estimate of drug-likeness (QED) is 0.683. The SMILES string of the molecule is Cc1cccc2c1C1=C(CCC(N)C1)C2. The van der Waals surface area contributed by atoms with Gasteiger partial charge in [0.2, 0.25) is 0 Å². The lowest BCUT2D eigenvalue weighted by Gasteiger charge is -2.21. The maximum absolute atomic E-state index is 6.06. The van der Waals surface area contributed by atoms with Gasteiger partial charge in [0.05, 0.1) is 0 Å². The van der Waals surface area contributed by atoms with Crippen molar-refractivity contribution in [2.75, 3.05) is 0 Å². The van der Waals surface area contributed by atoms with E-state index in [0.29, 0.717) is 6.04 Å². The molecule has 1 aromatic carbocycles. The Balaban J connectivity index is 2.12. The molecular weight excluding hydrogens is 182 g/mol. The lowest BCUT2D eigenvalue weighted by Crippen LogP contribution is -2.23. The van der Waals surface area contributed by atoms with E-state index in [2.05, 4.69) is 25.1 Å². The van der Waals surface area contributed by atoms with Gasteiger partial charge in [-0.3, -0.25) is 0 Å². The lowest BCUT2D eigenvalue weighted by molar-refractivity contribution is 0.599. The molecule has 0 saturated heterocycles. The van der Waals surface area contributed by atoms with E-state index < -0.39 is 0 Å². The fraction of sp³-hybridized carbons (Fsp3) is 0.429. The zero-order valence-corrected chi connectivity index (χ0v) is 9.22. The molecule has 1 aromatic rings. The molecule has 0 heterocycles. The van der Waals surface area contributed by atoms with Crippen molar-refractivity contribution in [2.24, 2.45) is 5.73 Å². The largest absolute Gasteiger partial charge is 0.327 e. The van der Waals surface area contributed by atoms with Crippen LogP contribution in [0.4, 0.5) is 0 Å². The topological polar surface area (TPSA) is 26.0 Å². The Hall–Kier alpha value is -1.08. The minimum atomic E-state index is 0.384. The number of rotatable bonds is 0. The van der Waals surface area contributed by atoms with E-state index >= 15 is 0 Å². The fourth-order valence-corrected chi connectivity index (χ4v) is 3.03. The Morgan fingerprint density at radius 3 is 3.07 bits per heavy atom. The van der Waals surface area contributed by atoms with Gasteiger partial charge in [0, 0.05) is 6.04 Å². The average Bonchev–Trinajstić information content (AvgIpc) is 2.57. The Labute approximate surface area is 91.0 Å². The minimum Gasteiger partial charge on any atom is -0.327 e. The predicted molar refractivity (Wildman–Crippen MR) is 63.6 cm³/mol. The third kappa shape index (κ3) is 1.34. The molecule has 0 fully saturated rings. The first-order valence-corrected chi connectivity index (χ1v) is 5.81. The van der Waals surface area contributed by atoms with Crippen LogP contribution < -0.4 is 5.73 Å². The predicted octanol–water partition coefficient (Wildman–Crippen LogP) is 2.82. The van der Waals surface area contributed by atoms with Crippen LogP contribution in [0.5, 0.6) is 0 Å². The van der Waals surface area contributed by atoms with Gasteiger partial charge in [-0.1, -0.05) is 23.8 Å². The summed E-state index contributed by atoms with van der Waals surface area (Å²) in [6, 6.07) is 7.04. The molecule has 1 nitrogen and oxygen atoms in total. The molecule has 1 heteroatoms. The molecule has 78 valence electrons. The number of nitrogens with two attached hydrogens (primary N) is 1. The third-order valence-electron chi connectivity index (χ3n) is 3.77. The Bertz CT molecular complexity index is 443. The number of hydrogen-bond donors (Lipinski definition) is 1. The summed E-state index contributed by atoms with van der Waals surface area (Å²) in [5.74, 6) is 0. The molecule has 0 radical (unpaired) electrons. The number of allylic oxidation sites excluding steroid dienone is 1. The zero-order chi connectivity index (χ0) is 10.4. The van der Waals surface area contributed by atoms with Crippen molar-refractivity contribution in [1.29, 1.82) is 0 Å². The molecule has 0 aliphatic heterocycles. The molecule has 2 N–H and O–H groups in total. The molecule has 0 aromatic heterocycles. The van der Waals surface area contributed by atoms with Crippen LogP contribution in [0.15, 0.2) is 23.8 Å². The van der Waals surface area contributed by atoms with E-state index in [1.165, 1.54) is 36.0 Å². The summed E-state index contributed by atoms with van der Waals surface area (Å²) >= 11 is 0. The normalized spacial score (nSPS) is 24.0. The molecule has 2 aliphatic carbocycles. The van der Waals surface area contributed by atoms with E-state index in [0.717, 1.165) is 6.42 Å². The molecule has 0 bridgehead atoms. The summed E-state index contributed by atoms with van der Waals surface area (Å²) < 4.78 is 0. The molecule has 15 heavy (non-hydrogen) atoms. The van der Waals surface area contributed by atoms with E-state index in [1.54, 1.807) is 11.1 Å². The summed E-state index contributed by atoms with van der Waals surface area (Å²) in [6.07, 6.45) is 4.66. The second-order valence-corrected chi connectivity index (χ2v) is 4.87. The summed E-state index contributed by atoms with van der Waals surface area (Å²) in [4.78, 5) is 0. The molecule has 0 amide bonds. The van der Waals surface area contributed by atoms with Crippen molar-refractivity contribution in [3.63, 3.8) is 0 Å². The second-order valence-electron chi connectivity index (χ2n) is 4.87. The van der Waals surface area contributed by atoms with Gasteiger partial charge in [-0.25, -0.2) is 0 Å². The van der Waals surface area contributed by atoms with Crippen LogP contribution in [0.3, 0.4) is 0 Å². The van der Waals surface area contributed by atoms with Crippen LogP contribution in [-0.4, -0.2) is 6.04 Å². The van der Waals surface area contributed by atoms with Crippen LogP contribution in [0, 0.1) is 6.92 Å². The second kappa shape index (κ2) is 3.21. The number of fused-ring (bicyclic) bond motifs is 2. The van der Waals surface area contributed by atoms with Crippen molar-refractivity contribution < 1.29 is 0 Å². The van der Waals surface area contributed by atoms with Gasteiger partial charge in [-0.05, 0) is 54.9 Å². The van der Waals surface area contributed by atoms with Crippen LogP contribution in [0.1, 0.15) is 36.0 Å². The van der Waals surface area contributed by atoms with Crippen molar-refractivity contribution in [3.8, 4) is 0 Å². The minimum absolute atomic E-state index is 0.384. The van der Waals surface area contributed by atoms with Crippen molar-refractivity contribution in [1.82, 2.24) is 0 Å². The molecule has 0 spiro atoms. The van der Waals surface area contributed by atoms with E-state index in [4.69, 9.17) is 5.73 Å². The van der Waals surface area contributed by atoms with E-state index in [1.807, 2.05) is 0 Å². The number of hydrogen-bond acceptors (Lipinski definition) is 1. The summed E-state index contributed by atoms with van der Waals surface area (Å²) in [6.45, 7) is 2.22. The summed E-state index contributed by atoms with van der Waals surface area (Å²) in [7, 11) is 0. The smallest absolute Gasteiger partial charge is 0.00825 e. The van der Waals surface area contributed by atoms with Crippen LogP contribution in [0.25, 0.3) is 5.57 Å². The van der Waals surface area contributed by atoms with E-state index in [9.17, 15) is 0 Å². The van der Waals surface area contributed by atoms with Gasteiger partial charge in [0.25, 0.3) is 0 Å².